The Balaban J connectivity index is 0.890. The summed E-state index contributed by atoms with van der Waals surface area (Å²) in [6.45, 7) is 6.68. The molecule has 3 heterocycles. The van der Waals surface area contributed by atoms with Gasteiger partial charge in [0.15, 0.2) is 0 Å². The highest BCUT2D eigenvalue weighted by atomic mass is 32.2. The van der Waals surface area contributed by atoms with E-state index in [1.807, 2.05) is 12.1 Å². The summed E-state index contributed by atoms with van der Waals surface area (Å²) in [5, 5.41) is 19.3. The van der Waals surface area contributed by atoms with Gasteiger partial charge in [-0.05, 0) is 113 Å². The number of thioether (sulfide) groups is 1. The Morgan fingerprint density at radius 2 is 1.65 bits per heavy atom. The predicted octanol–water partition coefficient (Wildman–Crippen LogP) is 5.28. The van der Waals surface area contributed by atoms with Crippen molar-refractivity contribution in [2.24, 2.45) is 17.8 Å². The smallest absolute Gasteiger partial charge is 0.253 e. The van der Waals surface area contributed by atoms with Gasteiger partial charge in [0.1, 0.15) is 5.75 Å². The van der Waals surface area contributed by atoms with Crippen molar-refractivity contribution in [2.45, 2.75) is 95.5 Å². The molecule has 0 spiro atoms. The van der Waals surface area contributed by atoms with Crippen LogP contribution in [0.25, 0.3) is 10.9 Å². The average molecular weight is 680 g/mol. The Kier molecular flexibility index (Phi) is 13.0. The number of rotatable bonds is 16. The zero-order valence-corrected chi connectivity index (χ0v) is 29.5. The van der Waals surface area contributed by atoms with Crippen molar-refractivity contribution in [3.63, 3.8) is 0 Å². The minimum atomic E-state index is -0.235. The Morgan fingerprint density at radius 1 is 0.917 bits per heavy atom. The van der Waals surface area contributed by atoms with Crippen LogP contribution < -0.4 is 10.6 Å². The number of imide groups is 1. The van der Waals surface area contributed by atoms with Crippen molar-refractivity contribution in [3.05, 3.63) is 35.4 Å². The molecule has 1 saturated heterocycles. The summed E-state index contributed by atoms with van der Waals surface area (Å²) >= 11 is 1.72. The van der Waals surface area contributed by atoms with Gasteiger partial charge in [0.2, 0.25) is 11.8 Å². The molecule has 4 amide bonds. The number of nitrogens with zero attached hydrogens (tertiary/aromatic N) is 2. The van der Waals surface area contributed by atoms with E-state index in [1.165, 1.54) is 33.0 Å². The van der Waals surface area contributed by atoms with Crippen LogP contribution in [0.1, 0.15) is 88.7 Å². The van der Waals surface area contributed by atoms with Gasteiger partial charge in [-0.3, -0.25) is 29.0 Å². The Morgan fingerprint density at radius 3 is 2.33 bits per heavy atom. The van der Waals surface area contributed by atoms with Gasteiger partial charge in [-0.1, -0.05) is 13.3 Å². The van der Waals surface area contributed by atoms with Gasteiger partial charge in [0.05, 0.1) is 10.5 Å². The highest BCUT2D eigenvalue weighted by Gasteiger charge is 2.31. The molecule has 48 heavy (non-hydrogen) atoms. The van der Waals surface area contributed by atoms with Crippen molar-refractivity contribution in [2.75, 3.05) is 39.0 Å². The number of H-pyrrole nitrogens is 1. The van der Waals surface area contributed by atoms with Crippen LogP contribution in [0.5, 0.6) is 5.75 Å². The summed E-state index contributed by atoms with van der Waals surface area (Å²) in [5.74, 6) is 0.946. The second-order valence-corrected chi connectivity index (χ2v) is 14.6. The largest absolute Gasteiger partial charge is 0.508 e. The van der Waals surface area contributed by atoms with E-state index in [9.17, 15) is 24.3 Å². The number of aromatic nitrogens is 1. The number of fused-ring (bicyclic) bond motifs is 1. The van der Waals surface area contributed by atoms with E-state index in [1.54, 1.807) is 11.8 Å². The lowest BCUT2D eigenvalue weighted by molar-refractivity contribution is -0.138. The third-order valence-corrected chi connectivity index (χ3v) is 11.3. The van der Waals surface area contributed by atoms with Gasteiger partial charge in [0.25, 0.3) is 11.8 Å². The number of carbonyl (C=O) groups is 4. The second-order valence-electron chi connectivity index (χ2n) is 13.8. The maximum absolute atomic E-state index is 12.6. The van der Waals surface area contributed by atoms with Crippen LogP contribution in [0.3, 0.4) is 0 Å². The van der Waals surface area contributed by atoms with Crippen LogP contribution in [0.4, 0.5) is 0 Å². The molecule has 0 atom stereocenters. The van der Waals surface area contributed by atoms with Gasteiger partial charge in [-0.15, -0.1) is 11.8 Å². The van der Waals surface area contributed by atoms with Gasteiger partial charge in [-0.25, -0.2) is 0 Å². The number of phenolic OH excluding ortho intramolecular Hbond substituents is 1. The fourth-order valence-electron chi connectivity index (χ4n) is 7.61. The minimum Gasteiger partial charge on any atom is -0.508 e. The van der Waals surface area contributed by atoms with Crippen LogP contribution in [0, 0.1) is 17.8 Å². The zero-order chi connectivity index (χ0) is 34.0. The van der Waals surface area contributed by atoms with Gasteiger partial charge < -0.3 is 20.7 Å². The number of benzene rings is 1. The summed E-state index contributed by atoms with van der Waals surface area (Å²) in [7, 11) is 0. The van der Waals surface area contributed by atoms with Crippen molar-refractivity contribution in [3.8, 4) is 5.75 Å². The maximum Gasteiger partial charge on any atom is 0.253 e. The van der Waals surface area contributed by atoms with Crippen molar-refractivity contribution in [1.82, 2.24) is 25.4 Å². The number of unbranched alkanes of at least 4 members (excludes halogenated alkanes) is 2. The van der Waals surface area contributed by atoms with Crippen molar-refractivity contribution < 1.29 is 24.3 Å². The van der Waals surface area contributed by atoms with E-state index in [2.05, 4.69) is 33.7 Å². The minimum absolute atomic E-state index is 0.00228. The number of aromatic amines is 1. The fourth-order valence-corrected chi connectivity index (χ4v) is 8.31. The van der Waals surface area contributed by atoms with E-state index < -0.39 is 0 Å². The highest BCUT2D eigenvalue weighted by Crippen LogP contribution is 2.36. The molecule has 1 aromatic heterocycles. The fraction of sp³-hybridized carbons (Fsp3) is 0.622. The number of hydrogen-bond donors (Lipinski definition) is 4. The molecule has 1 aliphatic carbocycles. The lowest BCUT2D eigenvalue weighted by Crippen LogP contribution is -2.38. The molecule has 4 N–H and O–H groups in total. The summed E-state index contributed by atoms with van der Waals surface area (Å²) in [4.78, 5) is 55.9. The highest BCUT2D eigenvalue weighted by molar-refractivity contribution is 7.98. The first-order chi connectivity index (χ1) is 23.3. The number of piperidine rings is 1. The summed E-state index contributed by atoms with van der Waals surface area (Å²) in [6, 6.07) is 3.87. The number of phenols is 1. The first-order valence-electron chi connectivity index (χ1n) is 18.0. The third-order valence-electron chi connectivity index (χ3n) is 10.6. The van der Waals surface area contributed by atoms with Crippen molar-refractivity contribution in [1.29, 1.82) is 0 Å². The molecule has 0 bridgehead atoms. The Bertz CT molecular complexity index is 1450. The molecule has 11 heteroatoms. The predicted molar refractivity (Wildman–Crippen MR) is 190 cm³/mol. The molecule has 1 aromatic carbocycles. The maximum atomic E-state index is 12.6. The standard InChI is InChI=1S/C37H53N5O5S/c1-3-28-29-12-13-31(43)30(35(29)40-37(28)48-2)24-41-21-17-25(18-22-41)16-20-38-32(44)7-5-4-6-19-39-36(47)27-10-8-26(9-11-27)23-42-33(45)14-15-34(42)46/h12-15,25-27,40,43H,3-11,16-24H2,1-2H3,(H,38,44)(H,39,47). The Labute approximate surface area is 288 Å². The van der Waals surface area contributed by atoms with Crippen molar-refractivity contribution >= 4 is 46.3 Å². The number of aromatic hydroxyl groups is 1. The lowest BCUT2D eigenvalue weighted by atomic mass is 9.81. The van der Waals surface area contributed by atoms with E-state index in [-0.39, 0.29) is 35.5 Å². The van der Waals surface area contributed by atoms with E-state index >= 15 is 0 Å². The molecule has 3 aliphatic rings. The molecule has 5 rings (SSSR count). The van der Waals surface area contributed by atoms with Crippen LogP contribution in [-0.2, 0) is 32.1 Å². The third kappa shape index (κ3) is 9.22. The van der Waals surface area contributed by atoms with E-state index in [0.717, 1.165) is 101 Å². The topological polar surface area (TPSA) is 135 Å². The molecule has 0 unspecified atom stereocenters. The van der Waals surface area contributed by atoms with Crippen LogP contribution in [0.15, 0.2) is 29.3 Å². The molecule has 2 aliphatic heterocycles. The van der Waals surface area contributed by atoms with Crippen LogP contribution >= 0.6 is 11.8 Å². The van der Waals surface area contributed by atoms with Gasteiger partial charge in [0, 0.05) is 61.6 Å². The lowest BCUT2D eigenvalue weighted by Gasteiger charge is -2.32. The van der Waals surface area contributed by atoms with Crippen LogP contribution in [0.2, 0.25) is 0 Å². The quantitative estimate of drug-likeness (QED) is 0.108. The number of nitrogens with one attached hydrogen (secondary N) is 3. The molecular weight excluding hydrogens is 627 g/mol. The SMILES string of the molecule is CCc1c(SC)[nH]c2c(CN3CCC(CCNC(=O)CCCCCNC(=O)C4CCC(CN5C(=O)C=CC5=O)CC4)CC3)c(O)ccc12. The molecule has 1 saturated carbocycles. The molecule has 2 aromatic rings. The molecule has 262 valence electrons. The van der Waals surface area contributed by atoms with Gasteiger partial charge in [-0.2, -0.15) is 0 Å². The number of carbonyl (C=O) groups excluding carboxylic acids is 4. The second kappa shape index (κ2) is 17.4. The number of likely N-dealkylation sites (tertiary alicyclic amines) is 1. The molecule has 2 fully saturated rings. The van der Waals surface area contributed by atoms with Crippen LogP contribution in [-0.4, -0.2) is 82.5 Å². The molecule has 0 radical (unpaired) electrons. The van der Waals surface area contributed by atoms with E-state index in [0.29, 0.717) is 37.7 Å². The average Bonchev–Trinajstić information content (AvgIpc) is 3.62. The monoisotopic (exact) mass is 679 g/mol. The van der Waals surface area contributed by atoms with Gasteiger partial charge >= 0.3 is 0 Å². The molecular formula is C37H53N5O5S. The summed E-state index contributed by atoms with van der Waals surface area (Å²) < 4.78 is 0. The Hall–Kier alpha value is -3.31. The summed E-state index contributed by atoms with van der Waals surface area (Å²) in [6.07, 6.45) is 15.2. The number of amides is 4. The first kappa shape index (κ1) is 36.0. The number of aryl methyl sites for hydroxylation is 1. The summed E-state index contributed by atoms with van der Waals surface area (Å²) in [5.41, 5.74) is 3.37. The normalized spacial score (nSPS) is 20.6. The first-order valence-corrected chi connectivity index (χ1v) is 19.2. The number of hydrogen-bond acceptors (Lipinski definition) is 7. The molecule has 10 nitrogen and oxygen atoms in total. The zero-order valence-electron chi connectivity index (χ0n) is 28.7. The van der Waals surface area contributed by atoms with E-state index in [4.69, 9.17) is 0 Å².